The molecule has 2 aromatic rings. The molecular weight excluding hydrogens is 497 g/mol. The number of aromatic carboxylic acids is 1. The SMILES string of the molecule is C=Nc1nc(C(=O)O)nc(N[C@H](C)C2CCC2)c1N(Cc1ccc(C(F)(F)F)cc1)CN1CCCC(C)C1. The summed E-state index contributed by atoms with van der Waals surface area (Å²) in [6, 6.07) is 5.12. The van der Waals surface area contributed by atoms with Gasteiger partial charge in [-0.25, -0.2) is 19.8 Å². The molecule has 1 aliphatic carbocycles. The molecule has 206 valence electrons. The number of alkyl halides is 3. The van der Waals surface area contributed by atoms with E-state index in [4.69, 9.17) is 0 Å². The van der Waals surface area contributed by atoms with E-state index in [0.717, 1.165) is 57.3 Å². The maximum atomic E-state index is 13.2. The summed E-state index contributed by atoms with van der Waals surface area (Å²) < 4.78 is 39.5. The Balaban J connectivity index is 1.75. The Hall–Kier alpha value is -3.21. The number of carboxylic acid groups (broad SMARTS) is 1. The van der Waals surface area contributed by atoms with Gasteiger partial charge in [0.1, 0.15) is 5.69 Å². The summed E-state index contributed by atoms with van der Waals surface area (Å²) in [5, 5.41) is 13.1. The Bertz CT molecular complexity index is 1140. The molecule has 1 unspecified atom stereocenters. The number of nitrogens with zero attached hydrogens (tertiary/aromatic N) is 5. The maximum Gasteiger partial charge on any atom is 0.416 e. The summed E-state index contributed by atoms with van der Waals surface area (Å²) in [6.45, 7) is 10.3. The van der Waals surface area contributed by atoms with Gasteiger partial charge in [-0.05, 0) is 75.4 Å². The van der Waals surface area contributed by atoms with Crippen molar-refractivity contribution in [1.29, 1.82) is 0 Å². The normalized spacial score (nSPS) is 19.4. The summed E-state index contributed by atoms with van der Waals surface area (Å²) >= 11 is 0. The zero-order valence-electron chi connectivity index (χ0n) is 21.8. The molecular formula is C27H35F3N6O2. The fourth-order valence-electron chi connectivity index (χ4n) is 5.19. The van der Waals surface area contributed by atoms with E-state index in [-0.39, 0.29) is 24.2 Å². The third-order valence-corrected chi connectivity index (χ3v) is 7.51. The number of aromatic nitrogens is 2. The van der Waals surface area contributed by atoms with Crippen LogP contribution in [0.15, 0.2) is 29.3 Å². The van der Waals surface area contributed by atoms with Crippen LogP contribution in [-0.4, -0.2) is 58.5 Å². The number of anilines is 2. The van der Waals surface area contributed by atoms with Gasteiger partial charge < -0.3 is 15.3 Å². The zero-order chi connectivity index (χ0) is 27.4. The summed E-state index contributed by atoms with van der Waals surface area (Å²) in [5.41, 5.74) is 0.449. The van der Waals surface area contributed by atoms with Gasteiger partial charge in [0.25, 0.3) is 0 Å². The summed E-state index contributed by atoms with van der Waals surface area (Å²) in [4.78, 5) is 28.7. The highest BCUT2D eigenvalue weighted by atomic mass is 19.4. The minimum Gasteiger partial charge on any atom is -0.475 e. The van der Waals surface area contributed by atoms with E-state index in [2.05, 4.69) is 38.8 Å². The summed E-state index contributed by atoms with van der Waals surface area (Å²) in [6.07, 6.45) is 1.07. The first-order chi connectivity index (χ1) is 18.0. The predicted molar refractivity (Wildman–Crippen MR) is 141 cm³/mol. The highest BCUT2D eigenvalue weighted by Gasteiger charge is 2.31. The standard InChI is InChI=1S/C27H35F3N6O2/c1-17-6-5-13-35(14-17)16-36(15-19-9-11-21(12-10-19)27(28,29)30)22-23(31-3)33-25(26(37)38)34-24(22)32-18(2)20-7-4-8-20/h9-12,17-18,20H,3-8,13-16H2,1-2H3,(H,37,38)(H,32,33,34)/t17?,18-/m1/s1. The molecule has 8 nitrogen and oxygen atoms in total. The monoisotopic (exact) mass is 532 g/mol. The number of carbonyl (C=O) groups is 1. The van der Waals surface area contributed by atoms with Crippen molar-refractivity contribution >= 4 is 30.0 Å². The van der Waals surface area contributed by atoms with Crippen molar-refractivity contribution in [2.45, 2.75) is 64.7 Å². The molecule has 0 amide bonds. The van der Waals surface area contributed by atoms with Crippen molar-refractivity contribution in [3.63, 3.8) is 0 Å². The van der Waals surface area contributed by atoms with E-state index in [9.17, 15) is 23.1 Å². The van der Waals surface area contributed by atoms with Crippen LogP contribution in [-0.2, 0) is 12.7 Å². The number of benzene rings is 1. The number of hydrogen-bond donors (Lipinski definition) is 2. The molecule has 2 N–H and O–H groups in total. The molecule has 0 spiro atoms. The lowest BCUT2D eigenvalue weighted by molar-refractivity contribution is -0.137. The molecule has 2 aliphatic rings. The van der Waals surface area contributed by atoms with Crippen molar-refractivity contribution in [2.24, 2.45) is 16.8 Å². The van der Waals surface area contributed by atoms with Crippen LogP contribution in [0.4, 0.5) is 30.5 Å². The number of likely N-dealkylation sites (tertiary alicyclic amines) is 1. The molecule has 1 aliphatic heterocycles. The van der Waals surface area contributed by atoms with Gasteiger partial charge in [0.15, 0.2) is 11.6 Å². The second kappa shape index (κ2) is 11.7. The van der Waals surface area contributed by atoms with Gasteiger partial charge in [0.05, 0.1) is 12.2 Å². The molecule has 1 aromatic carbocycles. The van der Waals surface area contributed by atoms with E-state index in [1.807, 2.05) is 11.8 Å². The Morgan fingerprint density at radius 2 is 1.95 bits per heavy atom. The highest BCUT2D eigenvalue weighted by Crippen LogP contribution is 2.38. The number of halogens is 3. The van der Waals surface area contributed by atoms with Crippen molar-refractivity contribution in [1.82, 2.24) is 14.9 Å². The fraction of sp³-hybridized carbons (Fsp3) is 0.556. The molecule has 0 bridgehead atoms. The van der Waals surface area contributed by atoms with E-state index in [1.165, 1.54) is 12.1 Å². The van der Waals surface area contributed by atoms with E-state index in [1.54, 1.807) is 0 Å². The maximum absolute atomic E-state index is 13.2. The van der Waals surface area contributed by atoms with Gasteiger partial charge in [-0.15, -0.1) is 0 Å². The molecule has 2 fully saturated rings. The van der Waals surface area contributed by atoms with Gasteiger partial charge in [0.2, 0.25) is 5.82 Å². The van der Waals surface area contributed by atoms with E-state index >= 15 is 0 Å². The van der Waals surface area contributed by atoms with Gasteiger partial charge in [0, 0.05) is 19.1 Å². The summed E-state index contributed by atoms with van der Waals surface area (Å²) in [5.74, 6) is -0.248. The molecule has 4 rings (SSSR count). The smallest absolute Gasteiger partial charge is 0.416 e. The average molecular weight is 533 g/mol. The predicted octanol–water partition coefficient (Wildman–Crippen LogP) is 5.82. The molecule has 38 heavy (non-hydrogen) atoms. The van der Waals surface area contributed by atoms with Gasteiger partial charge in [-0.3, -0.25) is 4.90 Å². The molecule has 1 saturated heterocycles. The lowest BCUT2D eigenvalue weighted by Gasteiger charge is -2.38. The van der Waals surface area contributed by atoms with Crippen LogP contribution in [0.25, 0.3) is 0 Å². The molecule has 2 atom stereocenters. The molecule has 2 heterocycles. The number of aliphatic imine (C=N–C) groups is 1. The Morgan fingerprint density at radius 1 is 1.24 bits per heavy atom. The van der Waals surface area contributed by atoms with Crippen molar-refractivity contribution in [2.75, 3.05) is 30.0 Å². The van der Waals surface area contributed by atoms with Gasteiger partial charge >= 0.3 is 12.1 Å². The summed E-state index contributed by atoms with van der Waals surface area (Å²) in [7, 11) is 0. The molecule has 1 aromatic heterocycles. The second-order valence-corrected chi connectivity index (χ2v) is 10.5. The number of hydrogen-bond acceptors (Lipinski definition) is 7. The largest absolute Gasteiger partial charge is 0.475 e. The van der Waals surface area contributed by atoms with Crippen LogP contribution < -0.4 is 10.2 Å². The van der Waals surface area contributed by atoms with Crippen LogP contribution in [0.2, 0.25) is 0 Å². The average Bonchev–Trinajstić information content (AvgIpc) is 2.81. The number of piperidine rings is 1. The molecule has 11 heteroatoms. The Labute approximate surface area is 221 Å². The molecule has 1 saturated carbocycles. The zero-order valence-corrected chi connectivity index (χ0v) is 21.8. The second-order valence-electron chi connectivity index (χ2n) is 10.5. The van der Waals surface area contributed by atoms with Crippen molar-refractivity contribution < 1.29 is 23.1 Å². The first-order valence-corrected chi connectivity index (χ1v) is 13.1. The van der Waals surface area contributed by atoms with Gasteiger partial charge in [-0.2, -0.15) is 13.2 Å². The topological polar surface area (TPSA) is 93.9 Å². The number of rotatable bonds is 10. The third kappa shape index (κ3) is 6.61. The fourth-order valence-corrected chi connectivity index (χ4v) is 5.19. The third-order valence-electron chi connectivity index (χ3n) is 7.51. The van der Waals surface area contributed by atoms with E-state index < -0.39 is 17.7 Å². The van der Waals surface area contributed by atoms with Gasteiger partial charge in [-0.1, -0.05) is 25.5 Å². The Kier molecular flexibility index (Phi) is 8.54. The van der Waals surface area contributed by atoms with Crippen LogP contribution in [0.3, 0.4) is 0 Å². The first-order valence-electron chi connectivity index (χ1n) is 13.1. The van der Waals surface area contributed by atoms with Crippen LogP contribution in [0.1, 0.15) is 67.7 Å². The van der Waals surface area contributed by atoms with Crippen LogP contribution in [0, 0.1) is 11.8 Å². The van der Waals surface area contributed by atoms with E-state index in [0.29, 0.717) is 35.6 Å². The first kappa shape index (κ1) is 27.8. The minimum atomic E-state index is -4.42. The quantitative estimate of drug-likeness (QED) is 0.372. The minimum absolute atomic E-state index is 0.0413. The van der Waals surface area contributed by atoms with Crippen LogP contribution in [0.5, 0.6) is 0 Å². The van der Waals surface area contributed by atoms with Crippen molar-refractivity contribution in [3.05, 3.63) is 41.2 Å². The lowest BCUT2D eigenvalue weighted by atomic mass is 9.80. The molecule has 0 radical (unpaired) electrons. The number of carboxylic acids is 1. The Morgan fingerprint density at radius 3 is 2.50 bits per heavy atom. The number of nitrogens with one attached hydrogen (secondary N) is 1. The lowest BCUT2D eigenvalue weighted by Crippen LogP contribution is -2.43. The van der Waals surface area contributed by atoms with Crippen LogP contribution >= 0.6 is 0 Å². The highest BCUT2D eigenvalue weighted by molar-refractivity contribution is 5.87. The van der Waals surface area contributed by atoms with Crippen molar-refractivity contribution in [3.8, 4) is 0 Å².